The summed E-state index contributed by atoms with van der Waals surface area (Å²) in [5.41, 5.74) is 3.81. The van der Waals surface area contributed by atoms with Crippen molar-refractivity contribution in [1.82, 2.24) is 9.62 Å². The van der Waals surface area contributed by atoms with Crippen molar-refractivity contribution in [2.45, 2.75) is 37.1 Å². The summed E-state index contributed by atoms with van der Waals surface area (Å²) < 4.78 is 27.3. The Hall–Kier alpha value is -2.89. The third-order valence-electron chi connectivity index (χ3n) is 6.41. The van der Waals surface area contributed by atoms with Gasteiger partial charge in [0.1, 0.15) is 6.07 Å². The third kappa shape index (κ3) is 4.50. The van der Waals surface area contributed by atoms with E-state index < -0.39 is 10.0 Å². The molecule has 7 nitrogen and oxygen atoms in total. The summed E-state index contributed by atoms with van der Waals surface area (Å²) in [5.74, 6) is -0.245. The number of nitriles is 1. The average molecular weight is 453 g/mol. The first-order valence-corrected chi connectivity index (χ1v) is 12.4. The molecule has 2 aliphatic rings. The van der Waals surface area contributed by atoms with Gasteiger partial charge in [0.15, 0.2) is 0 Å². The number of piperidine rings is 1. The fourth-order valence-electron chi connectivity index (χ4n) is 4.56. The van der Waals surface area contributed by atoms with Gasteiger partial charge in [-0.3, -0.25) is 4.79 Å². The molecule has 1 saturated heterocycles. The lowest BCUT2D eigenvalue weighted by molar-refractivity contribution is -0.126. The van der Waals surface area contributed by atoms with Crippen molar-refractivity contribution >= 4 is 21.6 Å². The van der Waals surface area contributed by atoms with Crippen LogP contribution < -0.4 is 10.2 Å². The maximum absolute atomic E-state index is 13.0. The van der Waals surface area contributed by atoms with Crippen LogP contribution in [0.2, 0.25) is 0 Å². The van der Waals surface area contributed by atoms with Crippen LogP contribution in [0.25, 0.3) is 0 Å². The Kier molecular flexibility index (Phi) is 6.49. The van der Waals surface area contributed by atoms with E-state index in [2.05, 4.69) is 35.5 Å². The molecule has 0 spiro atoms. The van der Waals surface area contributed by atoms with Gasteiger partial charge < -0.3 is 10.2 Å². The first kappa shape index (κ1) is 22.3. The molecule has 32 heavy (non-hydrogen) atoms. The minimum atomic E-state index is -3.75. The molecule has 0 atom stereocenters. The highest BCUT2D eigenvalue weighted by molar-refractivity contribution is 7.89. The summed E-state index contributed by atoms with van der Waals surface area (Å²) in [5, 5.41) is 12.3. The van der Waals surface area contributed by atoms with E-state index in [1.54, 1.807) is 12.1 Å². The number of rotatable bonds is 5. The molecule has 0 radical (unpaired) electrons. The Labute approximate surface area is 189 Å². The molecule has 2 aromatic carbocycles. The standard InChI is InChI=1S/C24H28N4O3S/c1-27-12-4-6-20-15-18(8-9-22(20)27)17-26-24(29)19-10-13-28(14-11-19)32(30,31)23-7-3-2-5-21(23)16-25/h2-3,5,7-9,15,19H,4,6,10-14,17H2,1H3,(H,26,29). The number of fused-ring (bicyclic) bond motifs is 1. The van der Waals surface area contributed by atoms with E-state index in [4.69, 9.17) is 0 Å². The lowest BCUT2D eigenvalue weighted by atomic mass is 9.96. The van der Waals surface area contributed by atoms with Crippen LogP contribution in [-0.4, -0.2) is 45.3 Å². The van der Waals surface area contributed by atoms with Crippen LogP contribution in [0.15, 0.2) is 47.4 Å². The number of nitrogens with zero attached hydrogens (tertiary/aromatic N) is 3. The van der Waals surface area contributed by atoms with Crippen molar-refractivity contribution in [3.63, 3.8) is 0 Å². The number of carbonyl (C=O) groups is 1. The highest BCUT2D eigenvalue weighted by atomic mass is 32.2. The molecule has 4 rings (SSSR count). The number of hydrogen-bond acceptors (Lipinski definition) is 5. The van der Waals surface area contributed by atoms with E-state index in [1.165, 1.54) is 27.7 Å². The van der Waals surface area contributed by atoms with Crippen LogP contribution in [0.3, 0.4) is 0 Å². The van der Waals surface area contributed by atoms with Crippen molar-refractivity contribution < 1.29 is 13.2 Å². The van der Waals surface area contributed by atoms with E-state index in [-0.39, 0.29) is 35.4 Å². The Morgan fingerprint density at radius 3 is 2.66 bits per heavy atom. The molecule has 0 saturated carbocycles. The Morgan fingerprint density at radius 2 is 1.91 bits per heavy atom. The van der Waals surface area contributed by atoms with Gasteiger partial charge in [0.25, 0.3) is 0 Å². The van der Waals surface area contributed by atoms with E-state index in [0.717, 1.165) is 24.9 Å². The topological polar surface area (TPSA) is 93.5 Å². The molecule has 0 bridgehead atoms. The largest absolute Gasteiger partial charge is 0.374 e. The van der Waals surface area contributed by atoms with E-state index >= 15 is 0 Å². The number of hydrogen-bond donors (Lipinski definition) is 1. The predicted molar refractivity (Wildman–Crippen MR) is 123 cm³/mol. The first-order chi connectivity index (χ1) is 15.4. The summed E-state index contributed by atoms with van der Waals surface area (Å²) in [7, 11) is -1.65. The third-order valence-corrected chi connectivity index (χ3v) is 8.37. The summed E-state index contributed by atoms with van der Waals surface area (Å²) >= 11 is 0. The molecule has 168 valence electrons. The number of sulfonamides is 1. The lowest BCUT2D eigenvalue weighted by Gasteiger charge is -2.31. The van der Waals surface area contributed by atoms with Gasteiger partial charge in [-0.2, -0.15) is 9.57 Å². The van der Waals surface area contributed by atoms with Crippen molar-refractivity contribution in [2.24, 2.45) is 5.92 Å². The number of anilines is 1. The number of benzene rings is 2. The smallest absolute Gasteiger partial charge is 0.244 e. The highest BCUT2D eigenvalue weighted by Gasteiger charge is 2.33. The quantitative estimate of drug-likeness (QED) is 0.753. The molecule has 1 N–H and O–H groups in total. The lowest BCUT2D eigenvalue weighted by Crippen LogP contribution is -2.43. The fourth-order valence-corrected chi connectivity index (χ4v) is 6.18. The number of amides is 1. The zero-order valence-electron chi connectivity index (χ0n) is 18.3. The summed E-state index contributed by atoms with van der Waals surface area (Å²) in [6, 6.07) is 14.5. The highest BCUT2D eigenvalue weighted by Crippen LogP contribution is 2.28. The van der Waals surface area contributed by atoms with E-state index in [9.17, 15) is 18.5 Å². The van der Waals surface area contributed by atoms with Crippen LogP contribution in [-0.2, 0) is 27.8 Å². The molecule has 2 aliphatic heterocycles. The SMILES string of the molecule is CN1CCCc2cc(CNC(=O)C3CCN(S(=O)(=O)c4ccccc4C#N)CC3)ccc21. The number of aryl methyl sites for hydroxylation is 1. The van der Waals surface area contributed by atoms with Crippen LogP contribution in [0.5, 0.6) is 0 Å². The normalized spacial score (nSPS) is 17.4. The van der Waals surface area contributed by atoms with E-state index in [0.29, 0.717) is 19.4 Å². The molecule has 0 aromatic heterocycles. The van der Waals surface area contributed by atoms with Gasteiger partial charge >= 0.3 is 0 Å². The molecular formula is C24H28N4O3S. The first-order valence-electron chi connectivity index (χ1n) is 11.0. The Bertz CT molecular complexity index is 1150. The maximum Gasteiger partial charge on any atom is 0.244 e. The average Bonchev–Trinajstić information content (AvgIpc) is 2.82. The van der Waals surface area contributed by atoms with Crippen molar-refractivity contribution in [2.75, 3.05) is 31.6 Å². The molecule has 1 amide bonds. The molecular weight excluding hydrogens is 424 g/mol. The van der Waals surface area contributed by atoms with Crippen molar-refractivity contribution in [3.05, 3.63) is 59.2 Å². The molecule has 2 heterocycles. The van der Waals surface area contributed by atoms with Crippen LogP contribution in [0, 0.1) is 17.2 Å². The fraction of sp³-hybridized carbons (Fsp3) is 0.417. The summed E-state index contributed by atoms with van der Waals surface area (Å²) in [6.45, 7) is 2.08. The van der Waals surface area contributed by atoms with Gasteiger partial charge in [-0.25, -0.2) is 8.42 Å². The van der Waals surface area contributed by atoms with Crippen LogP contribution in [0.1, 0.15) is 36.0 Å². The summed E-state index contributed by atoms with van der Waals surface area (Å²) in [4.78, 5) is 15.0. The minimum absolute atomic E-state index is 0.0310. The molecule has 8 heteroatoms. The summed E-state index contributed by atoms with van der Waals surface area (Å²) in [6.07, 6.45) is 3.13. The molecule has 0 unspecified atom stereocenters. The number of carbonyl (C=O) groups excluding carboxylic acids is 1. The molecule has 2 aromatic rings. The predicted octanol–water partition coefficient (Wildman–Crippen LogP) is 2.66. The van der Waals surface area contributed by atoms with Gasteiger partial charge in [-0.05, 0) is 55.0 Å². The van der Waals surface area contributed by atoms with Crippen LogP contribution >= 0.6 is 0 Å². The van der Waals surface area contributed by atoms with Gasteiger partial charge in [0.05, 0.1) is 10.5 Å². The zero-order chi connectivity index (χ0) is 22.7. The Morgan fingerprint density at radius 1 is 1.16 bits per heavy atom. The van der Waals surface area contributed by atoms with Gasteiger partial charge in [-0.15, -0.1) is 0 Å². The maximum atomic E-state index is 13.0. The van der Waals surface area contributed by atoms with E-state index in [1.807, 2.05) is 6.07 Å². The second kappa shape index (κ2) is 9.31. The van der Waals surface area contributed by atoms with Gasteiger partial charge in [0, 0.05) is 44.8 Å². The Balaban J connectivity index is 1.33. The number of nitrogens with one attached hydrogen (secondary N) is 1. The van der Waals surface area contributed by atoms with Gasteiger partial charge in [0.2, 0.25) is 15.9 Å². The molecule has 0 aliphatic carbocycles. The van der Waals surface area contributed by atoms with Crippen LogP contribution in [0.4, 0.5) is 5.69 Å². The van der Waals surface area contributed by atoms with Crippen molar-refractivity contribution in [3.8, 4) is 6.07 Å². The second-order valence-electron chi connectivity index (χ2n) is 8.49. The monoisotopic (exact) mass is 452 g/mol. The van der Waals surface area contributed by atoms with Gasteiger partial charge in [-0.1, -0.05) is 24.3 Å². The molecule has 1 fully saturated rings. The second-order valence-corrected chi connectivity index (χ2v) is 10.4. The minimum Gasteiger partial charge on any atom is -0.374 e. The zero-order valence-corrected chi connectivity index (χ0v) is 19.1. The van der Waals surface area contributed by atoms with Crippen molar-refractivity contribution in [1.29, 1.82) is 5.26 Å².